The summed E-state index contributed by atoms with van der Waals surface area (Å²) in [6.07, 6.45) is 0.00199. The molecule has 2 N–H and O–H groups in total. The molecule has 1 heterocycles. The van der Waals surface area contributed by atoms with Crippen molar-refractivity contribution < 1.29 is 15.0 Å². The molecular weight excluding hydrogens is 274 g/mol. The lowest BCUT2D eigenvalue weighted by Gasteiger charge is -1.95. The standard InChI is InChI=1S/C15H11NO3S/c17-11-4-2-10(3-5-11)15-16-12-7-9(8-14(18)19)1-6-13(12)20-15/h1-7,17H,8H2,(H,18,19). The summed E-state index contributed by atoms with van der Waals surface area (Å²) < 4.78 is 1.02. The van der Waals surface area contributed by atoms with Crippen LogP contribution in [0.1, 0.15) is 5.56 Å². The summed E-state index contributed by atoms with van der Waals surface area (Å²) in [5.41, 5.74) is 2.48. The molecule has 2 aromatic carbocycles. The Kier molecular flexibility index (Phi) is 3.12. The Labute approximate surface area is 119 Å². The molecule has 3 rings (SSSR count). The number of aromatic nitrogens is 1. The van der Waals surface area contributed by atoms with Gasteiger partial charge in [0.05, 0.1) is 16.6 Å². The summed E-state index contributed by atoms with van der Waals surface area (Å²) in [6.45, 7) is 0. The largest absolute Gasteiger partial charge is 0.508 e. The van der Waals surface area contributed by atoms with Gasteiger partial charge in [0.25, 0.3) is 0 Å². The number of hydrogen-bond donors (Lipinski definition) is 2. The Bertz CT molecular complexity index is 777. The van der Waals surface area contributed by atoms with Crippen LogP contribution >= 0.6 is 11.3 Å². The minimum atomic E-state index is -0.849. The molecule has 0 atom stereocenters. The van der Waals surface area contributed by atoms with Gasteiger partial charge in [-0.1, -0.05) is 6.07 Å². The fraction of sp³-hybridized carbons (Fsp3) is 0.0667. The van der Waals surface area contributed by atoms with Crippen LogP contribution in [0, 0.1) is 0 Å². The van der Waals surface area contributed by atoms with E-state index in [1.54, 1.807) is 23.5 Å². The maximum absolute atomic E-state index is 10.7. The summed E-state index contributed by atoms with van der Waals surface area (Å²) in [7, 11) is 0. The lowest BCUT2D eigenvalue weighted by molar-refractivity contribution is -0.136. The van der Waals surface area contributed by atoms with Gasteiger partial charge in [0.1, 0.15) is 10.8 Å². The third-order valence-corrected chi connectivity index (χ3v) is 4.01. The summed E-state index contributed by atoms with van der Waals surface area (Å²) in [6, 6.07) is 12.4. The lowest BCUT2D eigenvalue weighted by Crippen LogP contribution is -1.99. The number of phenols is 1. The molecular formula is C15H11NO3S. The van der Waals surface area contributed by atoms with Crippen molar-refractivity contribution in [1.82, 2.24) is 4.98 Å². The van der Waals surface area contributed by atoms with E-state index >= 15 is 0 Å². The zero-order chi connectivity index (χ0) is 14.1. The topological polar surface area (TPSA) is 70.4 Å². The van der Waals surface area contributed by atoms with Crippen molar-refractivity contribution >= 4 is 27.5 Å². The van der Waals surface area contributed by atoms with Crippen LogP contribution in [-0.2, 0) is 11.2 Å². The number of carboxylic acid groups (broad SMARTS) is 1. The van der Waals surface area contributed by atoms with Crippen molar-refractivity contribution in [3.05, 3.63) is 48.0 Å². The molecule has 0 amide bonds. The number of hydrogen-bond acceptors (Lipinski definition) is 4. The van der Waals surface area contributed by atoms with Crippen LogP contribution in [0.3, 0.4) is 0 Å². The molecule has 0 aliphatic heterocycles. The van der Waals surface area contributed by atoms with Gasteiger partial charge in [-0.25, -0.2) is 4.98 Å². The Morgan fingerprint density at radius 2 is 1.90 bits per heavy atom. The monoisotopic (exact) mass is 285 g/mol. The summed E-state index contributed by atoms with van der Waals surface area (Å²) >= 11 is 1.54. The number of benzene rings is 2. The van der Waals surface area contributed by atoms with Crippen LogP contribution in [0.2, 0.25) is 0 Å². The number of phenolic OH excluding ortho intramolecular Hbond substituents is 1. The minimum Gasteiger partial charge on any atom is -0.508 e. The average molecular weight is 285 g/mol. The molecule has 0 bridgehead atoms. The van der Waals surface area contributed by atoms with E-state index in [0.717, 1.165) is 26.4 Å². The van der Waals surface area contributed by atoms with Crippen molar-refractivity contribution in [2.24, 2.45) is 0 Å². The first-order valence-corrected chi connectivity index (χ1v) is 6.84. The van der Waals surface area contributed by atoms with E-state index in [2.05, 4.69) is 4.98 Å². The van der Waals surface area contributed by atoms with Gasteiger partial charge >= 0.3 is 5.97 Å². The fourth-order valence-electron chi connectivity index (χ4n) is 1.99. The van der Waals surface area contributed by atoms with Crippen molar-refractivity contribution in [2.75, 3.05) is 0 Å². The predicted octanol–water partition coefficient (Wildman–Crippen LogP) is 3.30. The number of carbonyl (C=O) groups is 1. The summed E-state index contributed by atoms with van der Waals surface area (Å²) in [4.78, 5) is 15.2. The van der Waals surface area contributed by atoms with Crippen LogP contribution in [0.15, 0.2) is 42.5 Å². The fourth-order valence-corrected chi connectivity index (χ4v) is 2.94. The summed E-state index contributed by atoms with van der Waals surface area (Å²) in [5.74, 6) is -0.628. The second-order valence-corrected chi connectivity index (χ2v) is 5.47. The van der Waals surface area contributed by atoms with Gasteiger partial charge in [0.2, 0.25) is 0 Å². The predicted molar refractivity (Wildman–Crippen MR) is 78.1 cm³/mol. The molecule has 0 unspecified atom stereocenters. The molecule has 0 spiro atoms. The number of thiazole rings is 1. The molecule has 1 aromatic heterocycles. The maximum Gasteiger partial charge on any atom is 0.307 e. The number of aliphatic carboxylic acids is 1. The van der Waals surface area contributed by atoms with Gasteiger partial charge in [-0.05, 0) is 42.0 Å². The highest BCUT2D eigenvalue weighted by atomic mass is 32.1. The molecule has 0 fully saturated rings. The first-order valence-electron chi connectivity index (χ1n) is 6.02. The highest BCUT2D eigenvalue weighted by Gasteiger charge is 2.08. The number of aromatic hydroxyl groups is 1. The van der Waals surface area contributed by atoms with Crippen LogP contribution in [0.5, 0.6) is 5.75 Å². The van der Waals surface area contributed by atoms with Gasteiger partial charge in [-0.3, -0.25) is 4.79 Å². The number of fused-ring (bicyclic) bond motifs is 1. The molecule has 0 saturated heterocycles. The molecule has 5 heteroatoms. The highest BCUT2D eigenvalue weighted by molar-refractivity contribution is 7.21. The van der Waals surface area contributed by atoms with Crippen LogP contribution in [-0.4, -0.2) is 21.2 Å². The molecule has 4 nitrogen and oxygen atoms in total. The van der Waals surface area contributed by atoms with E-state index in [1.807, 2.05) is 30.3 Å². The van der Waals surface area contributed by atoms with Gasteiger partial charge < -0.3 is 10.2 Å². The van der Waals surface area contributed by atoms with E-state index < -0.39 is 5.97 Å². The number of carboxylic acids is 1. The molecule has 0 radical (unpaired) electrons. The highest BCUT2D eigenvalue weighted by Crippen LogP contribution is 2.31. The van der Waals surface area contributed by atoms with E-state index in [-0.39, 0.29) is 12.2 Å². The third-order valence-electron chi connectivity index (χ3n) is 2.92. The van der Waals surface area contributed by atoms with Crippen molar-refractivity contribution in [1.29, 1.82) is 0 Å². The lowest BCUT2D eigenvalue weighted by atomic mass is 10.1. The summed E-state index contributed by atoms with van der Waals surface area (Å²) in [5, 5.41) is 19.0. The second-order valence-electron chi connectivity index (χ2n) is 4.44. The molecule has 0 aliphatic rings. The van der Waals surface area contributed by atoms with Crippen LogP contribution in [0.25, 0.3) is 20.8 Å². The van der Waals surface area contributed by atoms with Gasteiger partial charge in [-0.2, -0.15) is 0 Å². The molecule has 20 heavy (non-hydrogen) atoms. The van der Waals surface area contributed by atoms with E-state index in [9.17, 15) is 9.90 Å². The maximum atomic E-state index is 10.7. The Morgan fingerprint density at radius 1 is 1.15 bits per heavy atom. The SMILES string of the molecule is O=C(O)Cc1ccc2sc(-c3ccc(O)cc3)nc2c1. The molecule has 0 saturated carbocycles. The number of rotatable bonds is 3. The van der Waals surface area contributed by atoms with Crippen LogP contribution < -0.4 is 0 Å². The van der Waals surface area contributed by atoms with E-state index in [1.165, 1.54) is 0 Å². The minimum absolute atomic E-state index is 0.00199. The van der Waals surface area contributed by atoms with Crippen molar-refractivity contribution in [3.63, 3.8) is 0 Å². The van der Waals surface area contributed by atoms with E-state index in [4.69, 9.17) is 5.11 Å². The van der Waals surface area contributed by atoms with Crippen LogP contribution in [0.4, 0.5) is 0 Å². The van der Waals surface area contributed by atoms with Gasteiger partial charge in [0.15, 0.2) is 0 Å². The van der Waals surface area contributed by atoms with Gasteiger partial charge in [-0.15, -0.1) is 11.3 Å². The quantitative estimate of drug-likeness (QED) is 0.774. The smallest absolute Gasteiger partial charge is 0.307 e. The van der Waals surface area contributed by atoms with E-state index in [0.29, 0.717) is 0 Å². The third kappa shape index (κ3) is 2.48. The zero-order valence-corrected chi connectivity index (χ0v) is 11.2. The molecule has 100 valence electrons. The molecule has 0 aliphatic carbocycles. The zero-order valence-electron chi connectivity index (χ0n) is 10.4. The Balaban J connectivity index is 2.01. The van der Waals surface area contributed by atoms with Crippen molar-refractivity contribution in [3.8, 4) is 16.3 Å². The Morgan fingerprint density at radius 3 is 2.60 bits per heavy atom. The normalized spacial score (nSPS) is 10.8. The molecule has 3 aromatic rings. The number of nitrogens with zero attached hydrogens (tertiary/aromatic N) is 1. The average Bonchev–Trinajstić information content (AvgIpc) is 2.81. The second kappa shape index (κ2) is 4.94. The first kappa shape index (κ1) is 12.6. The first-order chi connectivity index (χ1) is 9.61. The van der Waals surface area contributed by atoms with Gasteiger partial charge in [0, 0.05) is 5.56 Å². The Hall–Kier alpha value is -2.40. The van der Waals surface area contributed by atoms with Crippen molar-refractivity contribution in [2.45, 2.75) is 6.42 Å².